The maximum absolute atomic E-state index is 6.26. The standard InChI is InChI=1S/C16H18ClNO2S.ClH/c1-3-6-20-16-14(17)8-12(9-15(16)19-2)10-18-11-13-5-4-7-21-13;/h3-5,7-9,18H,1,6,10-11H2,2H3;1H. The first-order valence-corrected chi connectivity index (χ1v) is 7.83. The van der Waals surface area contributed by atoms with Gasteiger partial charge in [-0.1, -0.05) is 30.3 Å². The van der Waals surface area contributed by atoms with E-state index in [0.29, 0.717) is 23.1 Å². The molecule has 0 spiro atoms. The highest BCUT2D eigenvalue weighted by Gasteiger charge is 2.11. The zero-order valence-corrected chi connectivity index (χ0v) is 14.7. The molecule has 3 nitrogen and oxygen atoms in total. The molecule has 1 N–H and O–H groups in total. The summed E-state index contributed by atoms with van der Waals surface area (Å²) in [6.07, 6.45) is 1.67. The number of ether oxygens (including phenoxy) is 2. The average molecular weight is 360 g/mol. The van der Waals surface area contributed by atoms with Gasteiger partial charge in [0.25, 0.3) is 0 Å². The summed E-state index contributed by atoms with van der Waals surface area (Å²) in [5, 5.41) is 6.00. The highest BCUT2D eigenvalue weighted by atomic mass is 35.5. The molecule has 0 unspecified atom stereocenters. The van der Waals surface area contributed by atoms with Crippen molar-refractivity contribution < 1.29 is 9.47 Å². The van der Waals surface area contributed by atoms with Gasteiger partial charge in [0, 0.05) is 18.0 Å². The van der Waals surface area contributed by atoms with E-state index in [-0.39, 0.29) is 12.4 Å². The molecule has 0 amide bonds. The van der Waals surface area contributed by atoms with Gasteiger partial charge in [-0.25, -0.2) is 0 Å². The Labute approximate surface area is 146 Å². The molecule has 1 aromatic heterocycles. The van der Waals surface area contributed by atoms with Gasteiger partial charge in [-0.3, -0.25) is 0 Å². The lowest BCUT2D eigenvalue weighted by Crippen LogP contribution is -2.12. The fourth-order valence-electron chi connectivity index (χ4n) is 1.90. The monoisotopic (exact) mass is 359 g/mol. The van der Waals surface area contributed by atoms with E-state index in [1.54, 1.807) is 24.5 Å². The Hall–Kier alpha value is -1.20. The molecule has 0 atom stereocenters. The number of methoxy groups -OCH3 is 1. The number of hydrogen-bond donors (Lipinski definition) is 1. The molecule has 0 aliphatic heterocycles. The van der Waals surface area contributed by atoms with Crippen LogP contribution in [0.1, 0.15) is 10.4 Å². The number of hydrogen-bond acceptors (Lipinski definition) is 4. The van der Waals surface area contributed by atoms with Gasteiger partial charge in [-0.2, -0.15) is 0 Å². The lowest BCUT2D eigenvalue weighted by Gasteiger charge is -2.13. The summed E-state index contributed by atoms with van der Waals surface area (Å²) in [7, 11) is 1.61. The minimum absolute atomic E-state index is 0. The van der Waals surface area contributed by atoms with Crippen molar-refractivity contribution in [1.82, 2.24) is 5.32 Å². The number of nitrogens with one attached hydrogen (secondary N) is 1. The molecule has 0 saturated heterocycles. The van der Waals surface area contributed by atoms with Gasteiger partial charge < -0.3 is 14.8 Å². The van der Waals surface area contributed by atoms with Crippen molar-refractivity contribution in [1.29, 1.82) is 0 Å². The van der Waals surface area contributed by atoms with Crippen molar-refractivity contribution in [3.8, 4) is 11.5 Å². The Morgan fingerprint density at radius 1 is 1.36 bits per heavy atom. The van der Waals surface area contributed by atoms with E-state index >= 15 is 0 Å². The number of thiophene rings is 1. The number of rotatable bonds is 8. The second-order valence-corrected chi connectivity index (χ2v) is 5.83. The van der Waals surface area contributed by atoms with Crippen LogP contribution >= 0.6 is 35.3 Å². The van der Waals surface area contributed by atoms with Crippen molar-refractivity contribution in [2.45, 2.75) is 13.1 Å². The van der Waals surface area contributed by atoms with Gasteiger partial charge in [0.2, 0.25) is 0 Å². The average Bonchev–Trinajstić information content (AvgIpc) is 2.99. The third-order valence-corrected chi connectivity index (χ3v) is 4.00. The van der Waals surface area contributed by atoms with Gasteiger partial charge in [0.15, 0.2) is 11.5 Å². The van der Waals surface area contributed by atoms with E-state index in [1.807, 2.05) is 18.2 Å². The predicted molar refractivity (Wildman–Crippen MR) is 95.8 cm³/mol. The summed E-state index contributed by atoms with van der Waals surface area (Å²) in [4.78, 5) is 1.30. The highest BCUT2D eigenvalue weighted by molar-refractivity contribution is 7.09. The van der Waals surface area contributed by atoms with Crippen LogP contribution < -0.4 is 14.8 Å². The summed E-state index contributed by atoms with van der Waals surface area (Å²) in [5.41, 5.74) is 1.05. The van der Waals surface area contributed by atoms with Crippen LogP contribution in [0.15, 0.2) is 42.3 Å². The molecule has 0 fully saturated rings. The van der Waals surface area contributed by atoms with E-state index in [0.717, 1.165) is 18.7 Å². The molecule has 6 heteroatoms. The first-order valence-electron chi connectivity index (χ1n) is 6.57. The predicted octanol–water partition coefficient (Wildman–Crippen LogP) is 4.69. The van der Waals surface area contributed by atoms with Crippen LogP contribution in [0, 0.1) is 0 Å². The molecule has 0 saturated carbocycles. The van der Waals surface area contributed by atoms with Crippen molar-refractivity contribution in [3.63, 3.8) is 0 Å². The second kappa shape index (κ2) is 9.74. The molecule has 2 rings (SSSR count). The quantitative estimate of drug-likeness (QED) is 0.693. The largest absolute Gasteiger partial charge is 0.493 e. The molecule has 2 aromatic rings. The van der Waals surface area contributed by atoms with E-state index in [4.69, 9.17) is 21.1 Å². The van der Waals surface area contributed by atoms with E-state index in [1.165, 1.54) is 4.88 Å². The summed E-state index contributed by atoms with van der Waals surface area (Å²) >= 11 is 8.00. The molecule has 0 radical (unpaired) electrons. The van der Waals surface area contributed by atoms with Gasteiger partial charge in [0.05, 0.1) is 12.1 Å². The Morgan fingerprint density at radius 2 is 2.18 bits per heavy atom. The van der Waals surface area contributed by atoms with Crippen LogP contribution in [0.2, 0.25) is 5.02 Å². The lowest BCUT2D eigenvalue weighted by atomic mass is 10.2. The first kappa shape index (κ1) is 18.8. The Kier molecular flexibility index (Phi) is 8.35. The smallest absolute Gasteiger partial charge is 0.180 e. The zero-order valence-electron chi connectivity index (χ0n) is 12.3. The SMILES string of the molecule is C=CCOc1c(Cl)cc(CNCc2cccs2)cc1OC.Cl. The Bertz CT molecular complexity index is 588. The van der Waals surface area contributed by atoms with E-state index in [9.17, 15) is 0 Å². The molecule has 22 heavy (non-hydrogen) atoms. The molecular weight excluding hydrogens is 341 g/mol. The summed E-state index contributed by atoms with van der Waals surface area (Å²) in [5.74, 6) is 1.19. The summed E-state index contributed by atoms with van der Waals surface area (Å²) < 4.78 is 10.9. The molecule has 1 heterocycles. The fraction of sp³-hybridized carbons (Fsp3) is 0.250. The maximum atomic E-state index is 6.26. The lowest BCUT2D eigenvalue weighted by molar-refractivity contribution is 0.326. The molecule has 0 aliphatic carbocycles. The van der Waals surface area contributed by atoms with Crippen molar-refractivity contribution >= 4 is 35.3 Å². The number of benzene rings is 1. The van der Waals surface area contributed by atoms with Crippen molar-refractivity contribution in [3.05, 3.63) is 57.8 Å². The van der Waals surface area contributed by atoms with E-state index in [2.05, 4.69) is 23.3 Å². The number of halogens is 2. The zero-order chi connectivity index (χ0) is 15.1. The summed E-state index contributed by atoms with van der Waals surface area (Å²) in [6, 6.07) is 7.99. The van der Waals surface area contributed by atoms with Crippen molar-refractivity contribution in [2.75, 3.05) is 13.7 Å². The first-order chi connectivity index (χ1) is 10.2. The van der Waals surface area contributed by atoms with E-state index < -0.39 is 0 Å². The van der Waals surface area contributed by atoms with Crippen molar-refractivity contribution in [2.24, 2.45) is 0 Å². The van der Waals surface area contributed by atoms with Gasteiger partial charge in [-0.15, -0.1) is 23.7 Å². The second-order valence-electron chi connectivity index (χ2n) is 4.39. The normalized spacial score (nSPS) is 9.91. The Balaban J connectivity index is 0.00000242. The minimum Gasteiger partial charge on any atom is -0.493 e. The topological polar surface area (TPSA) is 30.5 Å². The molecule has 120 valence electrons. The fourth-order valence-corrected chi connectivity index (χ4v) is 2.86. The van der Waals surface area contributed by atoms with Crippen LogP contribution in [0.25, 0.3) is 0 Å². The molecular formula is C16H19Cl2NO2S. The summed E-state index contributed by atoms with van der Waals surface area (Å²) in [6.45, 7) is 5.58. The molecule has 0 bridgehead atoms. The molecule has 1 aromatic carbocycles. The van der Waals surface area contributed by atoms with Crippen LogP contribution in [-0.2, 0) is 13.1 Å². The van der Waals surface area contributed by atoms with Crippen LogP contribution in [0.5, 0.6) is 11.5 Å². The minimum atomic E-state index is 0. The van der Waals surface area contributed by atoms with Crippen LogP contribution in [0.4, 0.5) is 0 Å². The van der Waals surface area contributed by atoms with Crippen LogP contribution in [-0.4, -0.2) is 13.7 Å². The van der Waals surface area contributed by atoms with Gasteiger partial charge in [0.1, 0.15) is 6.61 Å². The van der Waals surface area contributed by atoms with Crippen LogP contribution in [0.3, 0.4) is 0 Å². The highest BCUT2D eigenvalue weighted by Crippen LogP contribution is 2.36. The third-order valence-electron chi connectivity index (χ3n) is 2.84. The Morgan fingerprint density at radius 3 is 2.82 bits per heavy atom. The van der Waals surface area contributed by atoms with Gasteiger partial charge >= 0.3 is 0 Å². The molecule has 0 aliphatic rings. The third kappa shape index (κ3) is 5.21. The maximum Gasteiger partial charge on any atom is 0.180 e. The van der Waals surface area contributed by atoms with Gasteiger partial charge in [-0.05, 0) is 29.1 Å².